The van der Waals surface area contributed by atoms with E-state index in [2.05, 4.69) is 38.8 Å². The number of benzene rings is 2. The van der Waals surface area contributed by atoms with Crippen molar-refractivity contribution >= 4 is 33.3 Å². The Morgan fingerprint density at radius 2 is 1.83 bits per heavy atom. The number of anilines is 1. The lowest BCUT2D eigenvalue weighted by molar-refractivity contribution is 0.0951. The molecule has 4 aromatic rings. The van der Waals surface area contributed by atoms with Crippen LogP contribution in [0.25, 0.3) is 20.7 Å². The lowest BCUT2D eigenvalue weighted by Gasteiger charge is -2.08. The highest BCUT2D eigenvalue weighted by Crippen LogP contribution is 2.34. The topological polar surface area (TPSA) is 66.9 Å². The lowest BCUT2D eigenvalue weighted by Crippen LogP contribution is -2.25. The second-order valence-electron chi connectivity index (χ2n) is 7.22. The van der Waals surface area contributed by atoms with Crippen LogP contribution in [0.2, 0.25) is 0 Å². The van der Waals surface area contributed by atoms with Crippen molar-refractivity contribution in [3.8, 4) is 10.4 Å². The quantitative estimate of drug-likeness (QED) is 0.485. The summed E-state index contributed by atoms with van der Waals surface area (Å²) in [5.41, 5.74) is 2.98. The molecule has 2 aromatic heterocycles. The fourth-order valence-corrected chi connectivity index (χ4v) is 4.20. The number of rotatable bonds is 6. The van der Waals surface area contributed by atoms with Gasteiger partial charge in [-0.05, 0) is 42.2 Å². The first kappa shape index (κ1) is 17.8. The van der Waals surface area contributed by atoms with Gasteiger partial charge in [-0.15, -0.1) is 11.3 Å². The van der Waals surface area contributed by atoms with Gasteiger partial charge in [0.2, 0.25) is 0 Å². The van der Waals surface area contributed by atoms with Gasteiger partial charge in [0.05, 0.1) is 5.39 Å². The molecule has 144 valence electrons. The van der Waals surface area contributed by atoms with Crippen LogP contribution in [0.3, 0.4) is 0 Å². The van der Waals surface area contributed by atoms with Gasteiger partial charge in [0.25, 0.3) is 5.91 Å². The van der Waals surface area contributed by atoms with Crippen molar-refractivity contribution in [2.24, 2.45) is 0 Å². The number of carbonyl (C=O) groups is 1. The highest BCUT2D eigenvalue weighted by molar-refractivity contribution is 7.21. The van der Waals surface area contributed by atoms with Crippen LogP contribution >= 0.6 is 11.3 Å². The summed E-state index contributed by atoms with van der Waals surface area (Å²) in [6.07, 6.45) is 3.78. The van der Waals surface area contributed by atoms with Gasteiger partial charge in [-0.3, -0.25) is 4.79 Å². The third-order valence-corrected chi connectivity index (χ3v) is 6.07. The van der Waals surface area contributed by atoms with Crippen LogP contribution in [-0.2, 0) is 6.54 Å². The molecule has 0 saturated heterocycles. The minimum atomic E-state index is 0.0104. The van der Waals surface area contributed by atoms with E-state index in [0.717, 1.165) is 34.4 Å². The number of nitrogens with zero attached hydrogens (tertiary/aromatic N) is 2. The molecule has 2 aromatic carbocycles. The van der Waals surface area contributed by atoms with Gasteiger partial charge in [-0.25, -0.2) is 9.97 Å². The minimum absolute atomic E-state index is 0.0104. The second-order valence-corrected chi connectivity index (χ2v) is 8.25. The fourth-order valence-electron chi connectivity index (χ4n) is 3.20. The van der Waals surface area contributed by atoms with Crippen LogP contribution in [-0.4, -0.2) is 21.9 Å². The standard InChI is InChI=1S/C23H20N4OS/c28-22(27-18-10-11-18)17-8-6-15(7-9-17)13-24-21-19-12-20(16-4-2-1-3-5-16)29-23(19)26-14-25-21/h1-9,12,14,18H,10-11,13H2,(H,27,28)(H,24,25,26). The van der Waals surface area contributed by atoms with E-state index in [1.165, 1.54) is 10.4 Å². The van der Waals surface area contributed by atoms with Crippen LogP contribution in [0.15, 0.2) is 67.0 Å². The summed E-state index contributed by atoms with van der Waals surface area (Å²) < 4.78 is 0. The maximum atomic E-state index is 12.1. The van der Waals surface area contributed by atoms with Gasteiger partial charge in [-0.1, -0.05) is 42.5 Å². The molecule has 1 aliphatic carbocycles. The Morgan fingerprint density at radius 1 is 1.03 bits per heavy atom. The van der Waals surface area contributed by atoms with Crippen molar-refractivity contribution in [2.75, 3.05) is 5.32 Å². The van der Waals surface area contributed by atoms with Crippen LogP contribution in [0.4, 0.5) is 5.82 Å². The number of hydrogen-bond acceptors (Lipinski definition) is 5. The molecule has 6 heteroatoms. The van der Waals surface area contributed by atoms with E-state index < -0.39 is 0 Å². The molecule has 2 N–H and O–H groups in total. The number of amides is 1. The van der Waals surface area contributed by atoms with E-state index >= 15 is 0 Å². The van der Waals surface area contributed by atoms with Crippen molar-refractivity contribution in [1.82, 2.24) is 15.3 Å². The summed E-state index contributed by atoms with van der Waals surface area (Å²) in [7, 11) is 0. The van der Waals surface area contributed by atoms with Crippen molar-refractivity contribution in [1.29, 1.82) is 0 Å². The SMILES string of the molecule is O=C(NC1CC1)c1ccc(CNc2ncnc3sc(-c4ccccc4)cc23)cc1. The van der Waals surface area contributed by atoms with Gasteiger partial charge in [-0.2, -0.15) is 0 Å². The molecule has 0 atom stereocenters. The predicted octanol–water partition coefficient (Wildman–Crippen LogP) is 4.86. The van der Waals surface area contributed by atoms with Crippen LogP contribution in [0, 0.1) is 0 Å². The monoisotopic (exact) mass is 400 g/mol. The smallest absolute Gasteiger partial charge is 0.251 e. The first-order chi connectivity index (χ1) is 14.3. The Hall–Kier alpha value is -3.25. The highest BCUT2D eigenvalue weighted by atomic mass is 32.1. The number of thiophene rings is 1. The van der Waals surface area contributed by atoms with Gasteiger partial charge in [0.15, 0.2) is 0 Å². The number of fused-ring (bicyclic) bond motifs is 1. The number of hydrogen-bond donors (Lipinski definition) is 2. The van der Waals surface area contributed by atoms with Crippen LogP contribution in [0.1, 0.15) is 28.8 Å². The van der Waals surface area contributed by atoms with E-state index in [1.807, 2.05) is 42.5 Å². The van der Waals surface area contributed by atoms with Gasteiger partial charge < -0.3 is 10.6 Å². The van der Waals surface area contributed by atoms with Crippen molar-refractivity contribution in [2.45, 2.75) is 25.4 Å². The number of nitrogens with one attached hydrogen (secondary N) is 2. The van der Waals surface area contributed by atoms with E-state index in [1.54, 1.807) is 17.7 Å². The first-order valence-electron chi connectivity index (χ1n) is 9.70. The van der Waals surface area contributed by atoms with Crippen molar-refractivity contribution in [3.63, 3.8) is 0 Å². The third-order valence-electron chi connectivity index (χ3n) is 4.98. The molecule has 0 bridgehead atoms. The maximum Gasteiger partial charge on any atom is 0.251 e. The first-order valence-corrected chi connectivity index (χ1v) is 10.5. The second kappa shape index (κ2) is 7.64. The molecular weight excluding hydrogens is 380 g/mol. The molecule has 5 rings (SSSR count). The maximum absolute atomic E-state index is 12.1. The molecule has 1 saturated carbocycles. The Balaban J connectivity index is 1.31. The van der Waals surface area contributed by atoms with Crippen LogP contribution in [0.5, 0.6) is 0 Å². The lowest BCUT2D eigenvalue weighted by atomic mass is 10.1. The summed E-state index contributed by atoms with van der Waals surface area (Å²) in [6.45, 7) is 0.632. The Bertz CT molecular complexity index is 1150. The third kappa shape index (κ3) is 3.98. The van der Waals surface area contributed by atoms with E-state index in [4.69, 9.17) is 0 Å². The molecule has 0 aliphatic heterocycles. The van der Waals surface area contributed by atoms with Crippen LogP contribution < -0.4 is 10.6 Å². The van der Waals surface area contributed by atoms with Gasteiger partial charge in [0, 0.05) is 23.0 Å². The zero-order valence-electron chi connectivity index (χ0n) is 15.8. The molecule has 1 fully saturated rings. The molecule has 0 unspecified atom stereocenters. The molecule has 0 spiro atoms. The average Bonchev–Trinajstić information content (AvgIpc) is 3.47. The minimum Gasteiger partial charge on any atom is -0.365 e. The molecule has 1 aliphatic rings. The van der Waals surface area contributed by atoms with Gasteiger partial charge in [0.1, 0.15) is 17.0 Å². The normalized spacial score (nSPS) is 13.4. The highest BCUT2D eigenvalue weighted by Gasteiger charge is 2.23. The van der Waals surface area contributed by atoms with Gasteiger partial charge >= 0.3 is 0 Å². The van der Waals surface area contributed by atoms with Crippen molar-refractivity contribution in [3.05, 3.63) is 78.1 Å². The number of aromatic nitrogens is 2. The summed E-state index contributed by atoms with van der Waals surface area (Å²) >= 11 is 1.67. The van der Waals surface area contributed by atoms with Crippen molar-refractivity contribution < 1.29 is 4.79 Å². The average molecular weight is 401 g/mol. The van der Waals surface area contributed by atoms with E-state index in [-0.39, 0.29) is 5.91 Å². The fraction of sp³-hybridized carbons (Fsp3) is 0.174. The largest absolute Gasteiger partial charge is 0.365 e. The zero-order chi connectivity index (χ0) is 19.6. The summed E-state index contributed by atoms with van der Waals surface area (Å²) in [6, 6.07) is 20.5. The Labute approximate surface area is 172 Å². The molecule has 1 amide bonds. The Morgan fingerprint density at radius 3 is 2.59 bits per heavy atom. The molecule has 5 nitrogen and oxygen atoms in total. The summed E-state index contributed by atoms with van der Waals surface area (Å²) in [5, 5.41) is 7.45. The van der Waals surface area contributed by atoms with E-state index in [9.17, 15) is 4.79 Å². The summed E-state index contributed by atoms with van der Waals surface area (Å²) in [5.74, 6) is 0.834. The number of carbonyl (C=O) groups excluding carboxylic acids is 1. The molecular formula is C23H20N4OS. The van der Waals surface area contributed by atoms with E-state index in [0.29, 0.717) is 18.2 Å². The predicted molar refractivity (Wildman–Crippen MR) is 117 cm³/mol. The summed E-state index contributed by atoms with van der Waals surface area (Å²) in [4.78, 5) is 23.1. The molecule has 2 heterocycles. The Kier molecular flexibility index (Phi) is 4.69. The zero-order valence-corrected chi connectivity index (χ0v) is 16.6. The molecule has 29 heavy (non-hydrogen) atoms. The molecule has 0 radical (unpaired) electrons.